The number of carbonyl (C=O) groups excluding carboxylic acids is 1. The standard InChI is InChI=1S/C24H20Cl2N2O3S2/c1-14-4-5-15(2)27(14)28-23(29)22(33-24(28)32)11-16-6-9-20(21(10-16)30-3)31-13-17-7-8-18(25)12-19(17)26/h4-12H,13H2,1-3H3/b22-11+. The molecule has 1 aromatic heterocycles. The molecule has 0 spiro atoms. The zero-order chi connectivity index (χ0) is 23.7. The first kappa shape index (κ1) is 23.7. The first-order chi connectivity index (χ1) is 15.8. The molecule has 0 N–H and O–H groups in total. The summed E-state index contributed by atoms with van der Waals surface area (Å²) in [6.07, 6.45) is 1.80. The zero-order valence-electron chi connectivity index (χ0n) is 18.1. The molecule has 4 rings (SSSR count). The molecule has 3 aromatic rings. The molecule has 5 nitrogen and oxygen atoms in total. The van der Waals surface area contributed by atoms with Crippen molar-refractivity contribution in [1.82, 2.24) is 4.68 Å². The summed E-state index contributed by atoms with van der Waals surface area (Å²) in [6, 6.07) is 14.7. The van der Waals surface area contributed by atoms with Gasteiger partial charge in [-0.1, -0.05) is 47.1 Å². The molecule has 1 aliphatic heterocycles. The lowest BCUT2D eigenvalue weighted by Crippen LogP contribution is -2.39. The lowest BCUT2D eigenvalue weighted by atomic mass is 10.2. The smallest absolute Gasteiger partial charge is 0.285 e. The van der Waals surface area contributed by atoms with Crippen LogP contribution in [0.15, 0.2) is 53.4 Å². The molecule has 170 valence electrons. The van der Waals surface area contributed by atoms with Crippen LogP contribution in [0.25, 0.3) is 6.08 Å². The Morgan fingerprint density at radius 3 is 2.42 bits per heavy atom. The van der Waals surface area contributed by atoms with Gasteiger partial charge in [-0.15, -0.1) is 0 Å². The molecule has 0 bridgehead atoms. The van der Waals surface area contributed by atoms with Gasteiger partial charge < -0.3 is 9.47 Å². The number of ether oxygens (including phenoxy) is 2. The van der Waals surface area contributed by atoms with E-state index < -0.39 is 0 Å². The summed E-state index contributed by atoms with van der Waals surface area (Å²) in [5.74, 6) is 0.942. The maximum atomic E-state index is 13.1. The van der Waals surface area contributed by atoms with Crippen LogP contribution in [-0.2, 0) is 11.4 Å². The number of carbonyl (C=O) groups is 1. The van der Waals surface area contributed by atoms with Gasteiger partial charge in [-0.3, -0.25) is 9.47 Å². The van der Waals surface area contributed by atoms with E-state index in [1.807, 2.05) is 48.9 Å². The molecule has 1 aliphatic rings. The number of methoxy groups -OCH3 is 1. The van der Waals surface area contributed by atoms with Crippen molar-refractivity contribution < 1.29 is 14.3 Å². The number of nitrogens with zero attached hydrogens (tertiary/aromatic N) is 2. The fourth-order valence-corrected chi connectivity index (χ4v) is 5.15. The number of aryl methyl sites for hydroxylation is 2. The second-order valence-electron chi connectivity index (χ2n) is 7.36. The predicted octanol–water partition coefficient (Wildman–Crippen LogP) is 6.54. The minimum absolute atomic E-state index is 0.163. The maximum Gasteiger partial charge on any atom is 0.285 e. The first-order valence-electron chi connectivity index (χ1n) is 9.96. The lowest BCUT2D eigenvalue weighted by Gasteiger charge is -2.20. The highest BCUT2D eigenvalue weighted by atomic mass is 35.5. The van der Waals surface area contributed by atoms with Gasteiger partial charge in [0.05, 0.1) is 12.0 Å². The van der Waals surface area contributed by atoms with Crippen LogP contribution >= 0.6 is 47.2 Å². The predicted molar refractivity (Wildman–Crippen MR) is 139 cm³/mol. The van der Waals surface area contributed by atoms with Crippen molar-refractivity contribution in [2.45, 2.75) is 20.5 Å². The number of halogens is 2. The summed E-state index contributed by atoms with van der Waals surface area (Å²) in [5, 5.41) is 2.63. The lowest BCUT2D eigenvalue weighted by molar-refractivity contribution is -0.114. The van der Waals surface area contributed by atoms with Gasteiger partial charge in [-0.05, 0) is 74.1 Å². The van der Waals surface area contributed by atoms with Crippen molar-refractivity contribution in [3.05, 3.63) is 86.0 Å². The van der Waals surface area contributed by atoms with Crippen LogP contribution in [0.5, 0.6) is 11.5 Å². The molecular weight excluding hydrogens is 499 g/mol. The summed E-state index contributed by atoms with van der Waals surface area (Å²) < 4.78 is 13.7. The van der Waals surface area contributed by atoms with E-state index in [0.29, 0.717) is 30.8 Å². The van der Waals surface area contributed by atoms with E-state index in [1.165, 1.54) is 16.8 Å². The molecule has 0 atom stereocenters. The van der Waals surface area contributed by atoms with Crippen LogP contribution in [-0.4, -0.2) is 22.0 Å². The number of thiocarbonyl (C=S) groups is 1. The van der Waals surface area contributed by atoms with Gasteiger partial charge >= 0.3 is 0 Å². The Labute approximate surface area is 211 Å². The van der Waals surface area contributed by atoms with Crippen LogP contribution in [0.4, 0.5) is 0 Å². The molecule has 1 saturated heterocycles. The molecule has 0 unspecified atom stereocenters. The molecular formula is C24H20Cl2N2O3S2. The number of amides is 1. The van der Waals surface area contributed by atoms with E-state index in [9.17, 15) is 4.79 Å². The van der Waals surface area contributed by atoms with Gasteiger partial charge in [0.1, 0.15) is 6.61 Å². The molecule has 0 saturated carbocycles. The van der Waals surface area contributed by atoms with Crippen LogP contribution in [0.2, 0.25) is 10.0 Å². The van der Waals surface area contributed by atoms with E-state index >= 15 is 0 Å². The van der Waals surface area contributed by atoms with E-state index in [0.717, 1.165) is 22.5 Å². The van der Waals surface area contributed by atoms with Crippen LogP contribution in [0, 0.1) is 13.8 Å². The topological polar surface area (TPSA) is 43.7 Å². The number of hydrogen-bond donors (Lipinski definition) is 0. The highest BCUT2D eigenvalue weighted by Gasteiger charge is 2.34. The van der Waals surface area contributed by atoms with Crippen molar-refractivity contribution in [3.63, 3.8) is 0 Å². The van der Waals surface area contributed by atoms with Crippen LogP contribution < -0.4 is 14.5 Å². The molecule has 2 heterocycles. The fraction of sp³-hybridized carbons (Fsp3) is 0.167. The van der Waals surface area contributed by atoms with E-state index in [2.05, 4.69) is 0 Å². The Morgan fingerprint density at radius 1 is 1.03 bits per heavy atom. The summed E-state index contributed by atoms with van der Waals surface area (Å²) in [6.45, 7) is 4.14. The van der Waals surface area contributed by atoms with Crippen LogP contribution in [0.1, 0.15) is 22.5 Å². The Balaban J connectivity index is 1.55. The number of thioether (sulfide) groups is 1. The summed E-state index contributed by atoms with van der Waals surface area (Å²) in [5.41, 5.74) is 3.49. The third kappa shape index (κ3) is 4.92. The van der Waals surface area contributed by atoms with Gasteiger partial charge in [-0.2, -0.15) is 5.01 Å². The largest absolute Gasteiger partial charge is 0.493 e. The minimum atomic E-state index is -0.163. The van der Waals surface area contributed by atoms with Crippen molar-refractivity contribution in [3.8, 4) is 11.5 Å². The van der Waals surface area contributed by atoms with Gasteiger partial charge in [-0.25, -0.2) is 0 Å². The van der Waals surface area contributed by atoms with Gasteiger partial charge in [0.25, 0.3) is 5.91 Å². The third-order valence-corrected chi connectivity index (χ3v) is 6.96. The van der Waals surface area contributed by atoms with E-state index in [1.54, 1.807) is 31.4 Å². The quantitative estimate of drug-likeness (QED) is 0.274. The highest BCUT2D eigenvalue weighted by molar-refractivity contribution is 8.27. The summed E-state index contributed by atoms with van der Waals surface area (Å²) >= 11 is 18.9. The molecule has 9 heteroatoms. The normalized spacial score (nSPS) is 14.9. The van der Waals surface area contributed by atoms with Crippen LogP contribution in [0.3, 0.4) is 0 Å². The molecule has 2 aromatic carbocycles. The monoisotopic (exact) mass is 518 g/mol. The third-order valence-electron chi connectivity index (χ3n) is 5.09. The molecule has 0 aliphatic carbocycles. The van der Waals surface area contributed by atoms with Crippen molar-refractivity contribution in [2.75, 3.05) is 12.1 Å². The highest BCUT2D eigenvalue weighted by Crippen LogP contribution is 2.35. The summed E-state index contributed by atoms with van der Waals surface area (Å²) in [7, 11) is 1.57. The number of benzene rings is 2. The average Bonchev–Trinajstić information content (AvgIpc) is 3.24. The van der Waals surface area contributed by atoms with E-state index in [4.69, 9.17) is 44.9 Å². The van der Waals surface area contributed by atoms with Gasteiger partial charge in [0.15, 0.2) is 15.8 Å². The second-order valence-corrected chi connectivity index (χ2v) is 9.88. The Kier molecular flexibility index (Phi) is 7.05. The Hall–Kier alpha value is -2.45. The number of aromatic nitrogens is 1. The Bertz CT molecular complexity index is 1270. The molecule has 33 heavy (non-hydrogen) atoms. The maximum absolute atomic E-state index is 13.1. The second kappa shape index (κ2) is 9.81. The fourth-order valence-electron chi connectivity index (χ4n) is 3.45. The minimum Gasteiger partial charge on any atom is -0.493 e. The Morgan fingerprint density at radius 2 is 1.76 bits per heavy atom. The number of rotatable bonds is 6. The SMILES string of the molecule is COc1cc(/C=C2/SC(=S)N(n3c(C)ccc3C)C2=O)ccc1OCc1ccc(Cl)cc1Cl. The molecule has 0 radical (unpaired) electrons. The molecule has 1 amide bonds. The van der Waals surface area contributed by atoms with Crippen molar-refractivity contribution >= 4 is 63.5 Å². The van der Waals surface area contributed by atoms with Crippen molar-refractivity contribution in [1.29, 1.82) is 0 Å². The molecule has 1 fully saturated rings. The average molecular weight is 519 g/mol. The number of hydrogen-bond acceptors (Lipinski definition) is 5. The van der Waals surface area contributed by atoms with Gasteiger partial charge in [0, 0.05) is 27.0 Å². The van der Waals surface area contributed by atoms with Gasteiger partial charge in [0.2, 0.25) is 0 Å². The zero-order valence-corrected chi connectivity index (χ0v) is 21.2. The van der Waals surface area contributed by atoms with E-state index in [-0.39, 0.29) is 12.5 Å². The van der Waals surface area contributed by atoms with Crippen molar-refractivity contribution in [2.24, 2.45) is 0 Å². The first-order valence-corrected chi connectivity index (χ1v) is 11.9. The summed E-state index contributed by atoms with van der Waals surface area (Å²) in [4.78, 5) is 13.6.